The van der Waals surface area contributed by atoms with E-state index in [0.29, 0.717) is 12.0 Å². The Labute approximate surface area is 155 Å². The zero-order valence-corrected chi connectivity index (χ0v) is 14.9. The highest BCUT2D eigenvalue weighted by Gasteiger charge is 2.47. The van der Waals surface area contributed by atoms with E-state index in [0.717, 1.165) is 35.1 Å². The van der Waals surface area contributed by atoms with Crippen LogP contribution in [0.4, 0.5) is 8.78 Å². The van der Waals surface area contributed by atoms with Crippen LogP contribution >= 0.6 is 0 Å². The van der Waals surface area contributed by atoms with Crippen LogP contribution in [0.15, 0.2) is 53.1 Å². The van der Waals surface area contributed by atoms with Gasteiger partial charge in [0.15, 0.2) is 11.6 Å². The molecule has 1 saturated carbocycles. The van der Waals surface area contributed by atoms with Gasteiger partial charge in [-0.25, -0.2) is 8.78 Å². The Hall–Kier alpha value is -2.69. The van der Waals surface area contributed by atoms with Crippen molar-refractivity contribution < 1.29 is 23.1 Å². The summed E-state index contributed by atoms with van der Waals surface area (Å²) in [7, 11) is 0. The minimum Gasteiger partial charge on any atom is -0.481 e. The van der Waals surface area contributed by atoms with E-state index in [9.17, 15) is 18.7 Å². The second kappa shape index (κ2) is 6.80. The molecule has 0 saturated heterocycles. The molecular formula is C22H20F2O3. The topological polar surface area (TPSA) is 50.4 Å². The minimum absolute atomic E-state index is 0.0843. The summed E-state index contributed by atoms with van der Waals surface area (Å²) < 4.78 is 32.6. The summed E-state index contributed by atoms with van der Waals surface area (Å²) in [5.74, 6) is -3.91. The molecule has 0 amide bonds. The van der Waals surface area contributed by atoms with Gasteiger partial charge in [-0.2, -0.15) is 0 Å². The van der Waals surface area contributed by atoms with Crippen LogP contribution in [0, 0.1) is 23.5 Å². The zero-order chi connectivity index (χ0) is 19.1. The van der Waals surface area contributed by atoms with E-state index < -0.39 is 23.5 Å². The van der Waals surface area contributed by atoms with Gasteiger partial charge in [-0.1, -0.05) is 25.5 Å². The Balaban J connectivity index is 1.78. The lowest BCUT2D eigenvalue weighted by Crippen LogP contribution is -2.24. The van der Waals surface area contributed by atoms with Gasteiger partial charge in [0.25, 0.3) is 0 Å². The molecule has 1 fully saturated rings. The van der Waals surface area contributed by atoms with E-state index >= 15 is 0 Å². The molecule has 1 aliphatic rings. The number of hydrogen-bond acceptors (Lipinski definition) is 2. The lowest BCUT2D eigenvalue weighted by Gasteiger charge is -2.24. The van der Waals surface area contributed by atoms with E-state index in [-0.39, 0.29) is 17.8 Å². The first-order chi connectivity index (χ1) is 13.0. The molecule has 1 N–H and O–H groups in total. The molecule has 4 rings (SSSR count). The van der Waals surface area contributed by atoms with E-state index in [4.69, 9.17) is 4.42 Å². The van der Waals surface area contributed by atoms with Gasteiger partial charge >= 0.3 is 5.97 Å². The summed E-state index contributed by atoms with van der Waals surface area (Å²) in [5.41, 5.74) is 2.26. The second-order valence-corrected chi connectivity index (χ2v) is 7.29. The molecule has 1 heterocycles. The largest absolute Gasteiger partial charge is 0.481 e. The Morgan fingerprint density at radius 3 is 2.59 bits per heavy atom. The third kappa shape index (κ3) is 3.01. The van der Waals surface area contributed by atoms with Crippen LogP contribution in [0.3, 0.4) is 0 Å². The molecular weight excluding hydrogens is 350 g/mol. The van der Waals surface area contributed by atoms with Crippen LogP contribution in [0.25, 0.3) is 11.0 Å². The lowest BCUT2D eigenvalue weighted by atomic mass is 9.79. The number of furan rings is 1. The van der Waals surface area contributed by atoms with Crippen LogP contribution in [-0.4, -0.2) is 11.1 Å². The smallest absolute Gasteiger partial charge is 0.307 e. The summed E-state index contributed by atoms with van der Waals surface area (Å²) >= 11 is 0. The van der Waals surface area contributed by atoms with Crippen molar-refractivity contribution >= 4 is 16.9 Å². The molecule has 0 bridgehead atoms. The molecule has 0 radical (unpaired) electrons. The minimum atomic E-state index is -0.935. The third-order valence-electron chi connectivity index (χ3n) is 5.93. The van der Waals surface area contributed by atoms with E-state index in [1.54, 1.807) is 6.26 Å². The molecule has 27 heavy (non-hydrogen) atoms. The molecule has 1 aliphatic carbocycles. The molecule has 4 atom stereocenters. The van der Waals surface area contributed by atoms with Crippen LogP contribution in [-0.2, 0) is 4.79 Å². The highest BCUT2D eigenvalue weighted by molar-refractivity contribution is 5.79. The first-order valence-corrected chi connectivity index (χ1v) is 9.14. The number of benzene rings is 2. The van der Waals surface area contributed by atoms with Crippen LogP contribution < -0.4 is 0 Å². The Bertz CT molecular complexity index is 994. The molecule has 0 aliphatic heterocycles. The highest BCUT2D eigenvalue weighted by atomic mass is 19.2. The Morgan fingerprint density at radius 1 is 1.11 bits per heavy atom. The third-order valence-corrected chi connectivity index (χ3v) is 5.93. The van der Waals surface area contributed by atoms with Gasteiger partial charge in [0, 0.05) is 11.3 Å². The summed E-state index contributed by atoms with van der Waals surface area (Å²) in [6.07, 6.45) is 3.08. The van der Waals surface area contributed by atoms with Gasteiger partial charge in [-0.05, 0) is 59.7 Å². The fourth-order valence-electron chi connectivity index (χ4n) is 4.67. The van der Waals surface area contributed by atoms with Crippen LogP contribution in [0.2, 0.25) is 0 Å². The zero-order valence-electron chi connectivity index (χ0n) is 14.9. The fraction of sp³-hybridized carbons (Fsp3) is 0.318. The first-order valence-electron chi connectivity index (χ1n) is 9.14. The summed E-state index contributed by atoms with van der Waals surface area (Å²) in [5, 5.41) is 10.9. The van der Waals surface area contributed by atoms with Gasteiger partial charge in [-0.3, -0.25) is 4.79 Å². The van der Waals surface area contributed by atoms with Crippen LogP contribution in [0.1, 0.15) is 42.7 Å². The summed E-state index contributed by atoms with van der Waals surface area (Å²) in [6.45, 7) is 2.01. The number of rotatable bonds is 4. The predicted molar refractivity (Wildman–Crippen MR) is 97.6 cm³/mol. The van der Waals surface area contributed by atoms with Crippen molar-refractivity contribution in [3.05, 3.63) is 71.5 Å². The van der Waals surface area contributed by atoms with Crippen molar-refractivity contribution in [2.75, 3.05) is 0 Å². The van der Waals surface area contributed by atoms with Crippen molar-refractivity contribution in [1.29, 1.82) is 0 Å². The van der Waals surface area contributed by atoms with Crippen molar-refractivity contribution in [3.8, 4) is 0 Å². The predicted octanol–water partition coefficient (Wildman–Crippen LogP) is 5.71. The fourth-order valence-corrected chi connectivity index (χ4v) is 4.67. The SMILES string of the molecule is CCC1CC(c2ccc3occc3c2)[C@@H](C(=O)O)C1c1ccc(F)c(F)c1. The van der Waals surface area contributed by atoms with E-state index in [1.165, 1.54) is 6.07 Å². The van der Waals surface area contributed by atoms with Gasteiger partial charge in [0.1, 0.15) is 5.58 Å². The standard InChI is InChI=1S/C22H20F2O3/c1-2-12-10-16(13-4-6-19-14(9-13)7-8-27-19)21(22(25)26)20(12)15-3-5-17(23)18(24)11-15/h3-9,11-12,16,20-21H,2,10H2,1H3,(H,25,26)/t12?,16?,20?,21-/m1/s1. The molecule has 5 heteroatoms. The average molecular weight is 370 g/mol. The van der Waals surface area contributed by atoms with Crippen LogP contribution in [0.5, 0.6) is 0 Å². The molecule has 2 aromatic carbocycles. The Kier molecular flexibility index (Phi) is 4.46. The van der Waals surface area contributed by atoms with Crippen molar-refractivity contribution in [2.24, 2.45) is 11.8 Å². The quantitative estimate of drug-likeness (QED) is 0.640. The number of aliphatic carboxylic acids is 1. The molecule has 3 aromatic rings. The van der Waals surface area contributed by atoms with Gasteiger partial charge in [-0.15, -0.1) is 0 Å². The molecule has 1 aromatic heterocycles. The number of carbonyl (C=O) groups is 1. The number of carboxylic acids is 1. The maximum atomic E-state index is 13.8. The Morgan fingerprint density at radius 2 is 1.89 bits per heavy atom. The number of hydrogen-bond donors (Lipinski definition) is 1. The summed E-state index contributed by atoms with van der Waals surface area (Å²) in [6, 6.07) is 11.3. The second-order valence-electron chi connectivity index (χ2n) is 7.29. The maximum absolute atomic E-state index is 13.8. The van der Waals surface area contributed by atoms with Gasteiger partial charge in [0.2, 0.25) is 0 Å². The van der Waals surface area contributed by atoms with Crippen molar-refractivity contribution in [1.82, 2.24) is 0 Å². The van der Waals surface area contributed by atoms with Gasteiger partial charge < -0.3 is 9.52 Å². The molecule has 3 unspecified atom stereocenters. The van der Waals surface area contributed by atoms with E-state index in [2.05, 4.69) is 0 Å². The average Bonchev–Trinajstić information content (AvgIpc) is 3.27. The van der Waals surface area contributed by atoms with Crippen molar-refractivity contribution in [3.63, 3.8) is 0 Å². The normalized spacial score (nSPS) is 25.1. The van der Waals surface area contributed by atoms with Crippen molar-refractivity contribution in [2.45, 2.75) is 31.6 Å². The molecule has 3 nitrogen and oxygen atoms in total. The summed E-state index contributed by atoms with van der Waals surface area (Å²) in [4.78, 5) is 12.2. The van der Waals surface area contributed by atoms with Gasteiger partial charge in [0.05, 0.1) is 12.2 Å². The molecule has 140 valence electrons. The lowest BCUT2D eigenvalue weighted by molar-refractivity contribution is -0.142. The number of halogens is 2. The molecule has 0 spiro atoms. The first kappa shape index (κ1) is 17.7. The maximum Gasteiger partial charge on any atom is 0.307 e. The van der Waals surface area contributed by atoms with E-state index in [1.807, 2.05) is 31.2 Å². The number of fused-ring (bicyclic) bond motifs is 1. The monoisotopic (exact) mass is 370 g/mol. The highest BCUT2D eigenvalue weighted by Crippen LogP contribution is 2.53. The number of carboxylic acid groups (broad SMARTS) is 1.